The fourth-order valence-corrected chi connectivity index (χ4v) is 2.34. The summed E-state index contributed by atoms with van der Waals surface area (Å²) in [4.78, 5) is 1.01. The Kier molecular flexibility index (Phi) is 3.78. The molecule has 4 nitrogen and oxygen atoms in total. The van der Waals surface area contributed by atoms with E-state index >= 15 is 0 Å². The highest BCUT2D eigenvalue weighted by Gasteiger charge is 2.16. The third-order valence-electron chi connectivity index (χ3n) is 2.56. The lowest BCUT2D eigenvalue weighted by Crippen LogP contribution is -2.29. The molecule has 0 spiro atoms. The molecular formula is C11H13FN4S. The van der Waals surface area contributed by atoms with Crippen LogP contribution in [0, 0.1) is 12.7 Å². The first-order chi connectivity index (χ1) is 8.20. The summed E-state index contributed by atoms with van der Waals surface area (Å²) in [5.41, 5.74) is 4.64. The number of aryl methyl sites for hydroxylation is 1. The lowest BCUT2D eigenvalue weighted by molar-refractivity contribution is 0.555. The summed E-state index contributed by atoms with van der Waals surface area (Å²) >= 11 is 1.33. The molecule has 0 radical (unpaired) electrons. The van der Waals surface area contributed by atoms with Crippen molar-refractivity contribution in [2.45, 2.75) is 19.4 Å². The number of nitrogens with one attached hydrogen (secondary N) is 1. The number of hydrazine groups is 1. The molecule has 1 unspecified atom stereocenters. The lowest BCUT2D eigenvalue weighted by atomic mass is 10.0. The van der Waals surface area contributed by atoms with Gasteiger partial charge in [-0.05, 0) is 42.6 Å². The molecule has 1 aromatic heterocycles. The van der Waals surface area contributed by atoms with E-state index in [4.69, 9.17) is 5.84 Å². The van der Waals surface area contributed by atoms with Crippen molar-refractivity contribution in [2.24, 2.45) is 5.84 Å². The third kappa shape index (κ3) is 2.85. The minimum Gasteiger partial charge on any atom is -0.271 e. The molecule has 1 heterocycles. The van der Waals surface area contributed by atoms with Crippen LogP contribution in [-0.2, 0) is 6.42 Å². The van der Waals surface area contributed by atoms with E-state index in [1.54, 1.807) is 12.1 Å². The van der Waals surface area contributed by atoms with Crippen molar-refractivity contribution in [2.75, 3.05) is 0 Å². The molecule has 0 aliphatic rings. The van der Waals surface area contributed by atoms with Gasteiger partial charge in [-0.15, -0.1) is 5.10 Å². The zero-order valence-corrected chi connectivity index (χ0v) is 10.2. The summed E-state index contributed by atoms with van der Waals surface area (Å²) in [6.07, 6.45) is 0.682. The summed E-state index contributed by atoms with van der Waals surface area (Å²) in [6, 6.07) is 6.36. The summed E-state index contributed by atoms with van der Waals surface area (Å²) in [5.74, 6) is 5.30. The van der Waals surface area contributed by atoms with Gasteiger partial charge in [-0.2, -0.15) is 0 Å². The highest BCUT2D eigenvalue weighted by molar-refractivity contribution is 7.05. The Hall–Kier alpha value is -1.37. The predicted octanol–water partition coefficient (Wildman–Crippen LogP) is 1.73. The largest absolute Gasteiger partial charge is 0.271 e. The topological polar surface area (TPSA) is 63.8 Å². The molecule has 17 heavy (non-hydrogen) atoms. The molecule has 1 aromatic carbocycles. The Morgan fingerprint density at radius 1 is 1.41 bits per heavy atom. The Morgan fingerprint density at radius 2 is 2.12 bits per heavy atom. The third-order valence-corrected chi connectivity index (χ3v) is 3.50. The van der Waals surface area contributed by atoms with E-state index in [-0.39, 0.29) is 11.9 Å². The van der Waals surface area contributed by atoms with E-state index in [1.807, 2.05) is 6.92 Å². The average Bonchev–Trinajstić information content (AvgIpc) is 2.75. The Balaban J connectivity index is 2.16. The summed E-state index contributed by atoms with van der Waals surface area (Å²) in [6.45, 7) is 1.90. The lowest BCUT2D eigenvalue weighted by Gasteiger charge is -2.14. The number of rotatable bonds is 4. The van der Waals surface area contributed by atoms with Gasteiger partial charge in [0.1, 0.15) is 5.82 Å². The van der Waals surface area contributed by atoms with Crippen LogP contribution >= 0.6 is 11.5 Å². The van der Waals surface area contributed by atoms with Crippen LogP contribution in [0.4, 0.5) is 4.39 Å². The van der Waals surface area contributed by atoms with E-state index in [0.29, 0.717) is 6.42 Å². The molecule has 1 atom stereocenters. The van der Waals surface area contributed by atoms with Gasteiger partial charge in [-0.25, -0.2) is 4.39 Å². The normalized spacial score (nSPS) is 12.6. The van der Waals surface area contributed by atoms with Crippen molar-refractivity contribution in [3.63, 3.8) is 0 Å². The van der Waals surface area contributed by atoms with Crippen LogP contribution in [0.2, 0.25) is 0 Å². The van der Waals surface area contributed by atoms with Gasteiger partial charge in [0.2, 0.25) is 0 Å². The standard InChI is InChI=1S/C11H13FN4S/c1-7-11(17-16-15-7)10(14-13)6-8-2-4-9(12)5-3-8/h2-5,10,14H,6,13H2,1H3. The van der Waals surface area contributed by atoms with Crippen molar-refractivity contribution in [3.05, 3.63) is 46.2 Å². The molecule has 0 bridgehead atoms. The SMILES string of the molecule is Cc1nnsc1C(Cc1ccc(F)cc1)NN. The van der Waals surface area contributed by atoms with Crippen LogP contribution in [0.25, 0.3) is 0 Å². The minimum absolute atomic E-state index is 0.0412. The fraction of sp³-hybridized carbons (Fsp3) is 0.273. The second kappa shape index (κ2) is 5.31. The number of hydrogen-bond acceptors (Lipinski definition) is 5. The highest BCUT2D eigenvalue weighted by Crippen LogP contribution is 2.22. The van der Waals surface area contributed by atoms with Gasteiger partial charge in [0, 0.05) is 0 Å². The quantitative estimate of drug-likeness (QED) is 0.642. The van der Waals surface area contributed by atoms with Gasteiger partial charge in [-0.3, -0.25) is 11.3 Å². The van der Waals surface area contributed by atoms with Crippen molar-refractivity contribution >= 4 is 11.5 Å². The maximum absolute atomic E-state index is 12.8. The van der Waals surface area contributed by atoms with Crippen molar-refractivity contribution in [1.29, 1.82) is 0 Å². The molecule has 2 rings (SSSR count). The smallest absolute Gasteiger partial charge is 0.123 e. The van der Waals surface area contributed by atoms with Gasteiger partial charge < -0.3 is 0 Å². The maximum atomic E-state index is 12.8. The summed E-state index contributed by atoms with van der Waals surface area (Å²) in [7, 11) is 0. The number of nitrogens with two attached hydrogens (primary N) is 1. The second-order valence-electron chi connectivity index (χ2n) is 3.77. The number of halogens is 1. The zero-order chi connectivity index (χ0) is 12.3. The molecule has 0 amide bonds. The van der Waals surface area contributed by atoms with Gasteiger partial charge >= 0.3 is 0 Å². The zero-order valence-electron chi connectivity index (χ0n) is 9.35. The Morgan fingerprint density at radius 3 is 2.65 bits per heavy atom. The van der Waals surface area contributed by atoms with Crippen molar-refractivity contribution in [3.8, 4) is 0 Å². The maximum Gasteiger partial charge on any atom is 0.123 e. The number of nitrogens with zero attached hydrogens (tertiary/aromatic N) is 2. The first kappa shape index (κ1) is 12.1. The Bertz CT molecular complexity index is 482. The molecule has 0 saturated carbocycles. The van der Waals surface area contributed by atoms with E-state index in [2.05, 4.69) is 15.0 Å². The van der Waals surface area contributed by atoms with Crippen LogP contribution in [0.1, 0.15) is 22.2 Å². The second-order valence-corrected chi connectivity index (χ2v) is 4.56. The van der Waals surface area contributed by atoms with Crippen LogP contribution < -0.4 is 11.3 Å². The Labute approximate surface area is 103 Å². The molecule has 2 aromatic rings. The first-order valence-corrected chi connectivity index (χ1v) is 5.97. The summed E-state index contributed by atoms with van der Waals surface area (Å²) in [5, 5.41) is 3.95. The molecule has 0 fully saturated rings. The predicted molar refractivity (Wildman–Crippen MR) is 64.8 cm³/mol. The van der Waals surface area contributed by atoms with Gasteiger partial charge in [-0.1, -0.05) is 16.6 Å². The fourth-order valence-electron chi connectivity index (χ4n) is 1.64. The van der Waals surface area contributed by atoms with Crippen molar-refractivity contribution in [1.82, 2.24) is 15.0 Å². The van der Waals surface area contributed by atoms with Crippen LogP contribution in [-0.4, -0.2) is 9.59 Å². The van der Waals surface area contributed by atoms with Crippen LogP contribution in [0.5, 0.6) is 0 Å². The first-order valence-electron chi connectivity index (χ1n) is 5.20. The van der Waals surface area contributed by atoms with E-state index in [9.17, 15) is 4.39 Å². The molecule has 90 valence electrons. The molecule has 3 N–H and O–H groups in total. The van der Waals surface area contributed by atoms with Gasteiger partial charge in [0.15, 0.2) is 0 Å². The van der Waals surface area contributed by atoms with Crippen LogP contribution in [0.15, 0.2) is 24.3 Å². The van der Waals surface area contributed by atoms with Gasteiger partial charge in [0.05, 0.1) is 16.6 Å². The molecule has 0 aliphatic heterocycles. The number of benzene rings is 1. The number of hydrogen-bond donors (Lipinski definition) is 2. The highest BCUT2D eigenvalue weighted by atomic mass is 32.1. The minimum atomic E-state index is -0.235. The van der Waals surface area contributed by atoms with Gasteiger partial charge in [0.25, 0.3) is 0 Å². The monoisotopic (exact) mass is 252 g/mol. The number of aromatic nitrogens is 2. The molecule has 6 heteroatoms. The summed E-state index contributed by atoms with van der Waals surface area (Å²) < 4.78 is 16.7. The molecular weight excluding hydrogens is 239 g/mol. The average molecular weight is 252 g/mol. The van der Waals surface area contributed by atoms with Crippen molar-refractivity contribution < 1.29 is 4.39 Å². The van der Waals surface area contributed by atoms with E-state index in [0.717, 1.165) is 16.1 Å². The van der Waals surface area contributed by atoms with E-state index < -0.39 is 0 Å². The van der Waals surface area contributed by atoms with Crippen LogP contribution in [0.3, 0.4) is 0 Å². The molecule has 0 aliphatic carbocycles. The molecule has 0 saturated heterocycles. The van der Waals surface area contributed by atoms with E-state index in [1.165, 1.54) is 23.7 Å².